The summed E-state index contributed by atoms with van der Waals surface area (Å²) in [6.45, 7) is 4.12. The quantitative estimate of drug-likeness (QED) is 0.483. The summed E-state index contributed by atoms with van der Waals surface area (Å²) < 4.78 is 31.4. The Bertz CT molecular complexity index is 1370. The molecule has 0 bridgehead atoms. The lowest BCUT2D eigenvalue weighted by Crippen LogP contribution is -2.04. The van der Waals surface area contributed by atoms with E-state index in [-0.39, 0.29) is 11.7 Å². The highest BCUT2D eigenvalue weighted by atomic mass is 32.2. The average Bonchev–Trinajstić information content (AvgIpc) is 3.35. The topological polar surface area (TPSA) is 83.9 Å². The van der Waals surface area contributed by atoms with Crippen LogP contribution in [-0.2, 0) is 9.73 Å². The Morgan fingerprint density at radius 1 is 1.13 bits per heavy atom. The Morgan fingerprint density at radius 2 is 1.87 bits per heavy atom. The van der Waals surface area contributed by atoms with E-state index in [1.165, 1.54) is 12.1 Å². The van der Waals surface area contributed by atoms with Gasteiger partial charge < -0.3 is 0 Å². The van der Waals surface area contributed by atoms with Gasteiger partial charge in [0.1, 0.15) is 11.3 Å². The maximum atomic E-state index is 13.6. The lowest BCUT2D eigenvalue weighted by Gasteiger charge is -2.17. The van der Waals surface area contributed by atoms with Gasteiger partial charge in [0.05, 0.1) is 21.6 Å². The van der Waals surface area contributed by atoms with Gasteiger partial charge in [-0.15, -0.1) is 0 Å². The predicted molar refractivity (Wildman–Crippen MR) is 118 cm³/mol. The van der Waals surface area contributed by atoms with Crippen molar-refractivity contribution in [3.63, 3.8) is 0 Å². The number of benzene rings is 1. The molecule has 1 aromatic carbocycles. The number of hydrogen-bond acceptors (Lipinski definition) is 5. The molecule has 1 aliphatic heterocycles. The van der Waals surface area contributed by atoms with Gasteiger partial charge in [-0.2, -0.15) is 9.46 Å². The zero-order valence-corrected chi connectivity index (χ0v) is 17.7. The summed E-state index contributed by atoms with van der Waals surface area (Å²) in [6.07, 6.45) is 3.56. The Labute approximate surface area is 174 Å². The summed E-state index contributed by atoms with van der Waals surface area (Å²) in [5.41, 5.74) is 3.81. The second kappa shape index (κ2) is 7.12. The maximum absolute atomic E-state index is 13.6. The van der Waals surface area contributed by atoms with E-state index in [1.54, 1.807) is 18.3 Å². The van der Waals surface area contributed by atoms with E-state index in [4.69, 9.17) is 9.97 Å². The van der Waals surface area contributed by atoms with Gasteiger partial charge in [0.2, 0.25) is 0 Å². The first-order chi connectivity index (χ1) is 14.4. The molecule has 0 saturated carbocycles. The smallest absolute Gasteiger partial charge is 0.188 e. The van der Waals surface area contributed by atoms with E-state index in [0.717, 1.165) is 40.4 Å². The van der Waals surface area contributed by atoms with E-state index < -0.39 is 9.73 Å². The summed E-state index contributed by atoms with van der Waals surface area (Å²) in [5, 5.41) is 8.71. The fourth-order valence-electron chi connectivity index (χ4n) is 4.01. The van der Waals surface area contributed by atoms with Crippen molar-refractivity contribution < 1.29 is 8.60 Å². The lowest BCUT2D eigenvalue weighted by molar-refractivity contribution is 0.628. The molecular formula is C22H22FN5OS. The van der Waals surface area contributed by atoms with Crippen LogP contribution >= 0.6 is 0 Å². The summed E-state index contributed by atoms with van der Waals surface area (Å²) in [5.74, 6) is 1.41. The number of hydrogen-bond donors (Lipinski definition) is 1. The Morgan fingerprint density at radius 3 is 2.57 bits per heavy atom. The number of fused-ring (bicyclic) bond motifs is 2. The van der Waals surface area contributed by atoms with Crippen LogP contribution in [0, 0.1) is 5.82 Å². The third-order valence-corrected chi connectivity index (χ3v) is 7.86. The Balaban J connectivity index is 1.91. The lowest BCUT2D eigenvalue weighted by atomic mass is 9.93. The number of pyridine rings is 2. The van der Waals surface area contributed by atoms with Crippen molar-refractivity contribution >= 4 is 37.5 Å². The summed E-state index contributed by atoms with van der Waals surface area (Å²) >= 11 is 0. The molecule has 30 heavy (non-hydrogen) atoms. The van der Waals surface area contributed by atoms with Gasteiger partial charge in [0.25, 0.3) is 0 Å². The summed E-state index contributed by atoms with van der Waals surface area (Å²) in [4.78, 5) is 9.60. The third-order valence-electron chi connectivity index (χ3n) is 5.50. The number of halogens is 1. The van der Waals surface area contributed by atoms with Gasteiger partial charge in [0.15, 0.2) is 11.5 Å². The summed E-state index contributed by atoms with van der Waals surface area (Å²) in [7, 11) is -2.32. The molecule has 0 radical (unpaired) electrons. The van der Waals surface area contributed by atoms with Crippen LogP contribution in [0.1, 0.15) is 38.3 Å². The Kier molecular flexibility index (Phi) is 4.54. The minimum absolute atomic E-state index is 0.0876. The van der Waals surface area contributed by atoms with Crippen LogP contribution in [0.25, 0.3) is 33.1 Å². The first-order valence-corrected chi connectivity index (χ1v) is 11.9. The molecule has 0 unspecified atom stereocenters. The second-order valence-electron chi connectivity index (χ2n) is 8.03. The molecule has 154 valence electrons. The van der Waals surface area contributed by atoms with Crippen molar-refractivity contribution in [2.45, 2.75) is 32.6 Å². The third kappa shape index (κ3) is 3.25. The molecule has 1 saturated heterocycles. The van der Waals surface area contributed by atoms with E-state index in [1.807, 2.05) is 6.07 Å². The average molecular weight is 424 g/mol. The largest absolute Gasteiger partial charge is 0.261 e. The highest BCUT2D eigenvalue weighted by Gasteiger charge is 2.23. The molecule has 4 heterocycles. The minimum Gasteiger partial charge on any atom is -0.261 e. The van der Waals surface area contributed by atoms with Crippen LogP contribution in [0.3, 0.4) is 0 Å². The van der Waals surface area contributed by atoms with Crippen LogP contribution in [0.5, 0.6) is 0 Å². The number of aromatic nitrogens is 4. The van der Waals surface area contributed by atoms with Crippen molar-refractivity contribution in [1.82, 2.24) is 20.2 Å². The van der Waals surface area contributed by atoms with Crippen LogP contribution in [0.2, 0.25) is 0 Å². The summed E-state index contributed by atoms with van der Waals surface area (Å²) in [6, 6.07) is 8.41. The van der Waals surface area contributed by atoms with Gasteiger partial charge >= 0.3 is 0 Å². The van der Waals surface area contributed by atoms with Gasteiger partial charge in [0, 0.05) is 27.8 Å². The Hall–Kier alpha value is -2.87. The highest BCUT2D eigenvalue weighted by Crippen LogP contribution is 2.39. The molecular weight excluding hydrogens is 401 g/mol. The van der Waals surface area contributed by atoms with Crippen LogP contribution in [0.4, 0.5) is 10.2 Å². The van der Waals surface area contributed by atoms with Gasteiger partial charge in [-0.25, -0.2) is 18.6 Å². The fourth-order valence-corrected chi connectivity index (χ4v) is 6.15. The molecule has 0 atom stereocenters. The van der Waals surface area contributed by atoms with Crippen LogP contribution in [0.15, 0.2) is 40.9 Å². The fraction of sp³-hybridized carbons (Fsp3) is 0.318. The molecule has 6 nitrogen and oxygen atoms in total. The zero-order chi connectivity index (χ0) is 20.9. The van der Waals surface area contributed by atoms with Gasteiger partial charge in [-0.1, -0.05) is 26.0 Å². The molecule has 1 aliphatic rings. The zero-order valence-electron chi connectivity index (χ0n) is 16.9. The first kappa shape index (κ1) is 19.1. The molecule has 4 aromatic rings. The number of H-pyrrole nitrogens is 1. The highest BCUT2D eigenvalue weighted by molar-refractivity contribution is 7.93. The molecule has 0 spiro atoms. The van der Waals surface area contributed by atoms with E-state index >= 15 is 0 Å². The SMILES string of the molecule is CC(C)c1nc(N=S2(=O)CCCC2)c2nc3[nH]ncc3cc2c1-c1ccc(F)cc1. The van der Waals surface area contributed by atoms with Crippen molar-refractivity contribution in [3.05, 3.63) is 48.0 Å². The number of rotatable bonds is 3. The standard InChI is InChI=1S/C22H22FN5OS/c1-13(2)19-18(14-5-7-16(23)8-6-14)17-11-15-12-24-27-21(15)26-20(17)22(25-19)28-30(29)9-3-4-10-30/h5-8,11-13H,3-4,9-10H2,1-2H3,(H,24,26,27). The van der Waals surface area contributed by atoms with Gasteiger partial charge in [-0.3, -0.25) is 5.10 Å². The minimum atomic E-state index is -2.32. The van der Waals surface area contributed by atoms with E-state index in [0.29, 0.717) is 28.5 Å². The molecule has 3 aromatic heterocycles. The monoisotopic (exact) mass is 423 g/mol. The molecule has 8 heteroatoms. The molecule has 1 fully saturated rings. The van der Waals surface area contributed by atoms with Crippen LogP contribution in [-0.4, -0.2) is 35.9 Å². The normalized spacial score (nSPS) is 16.0. The molecule has 0 amide bonds. The van der Waals surface area contributed by atoms with Crippen LogP contribution < -0.4 is 0 Å². The predicted octanol–water partition coefficient (Wildman–Crippen LogP) is 5.33. The van der Waals surface area contributed by atoms with Crippen molar-refractivity contribution in [2.75, 3.05) is 11.5 Å². The number of nitrogens with zero attached hydrogens (tertiary/aromatic N) is 4. The second-order valence-corrected chi connectivity index (χ2v) is 10.6. The van der Waals surface area contributed by atoms with Crippen molar-refractivity contribution in [2.24, 2.45) is 4.36 Å². The molecule has 5 rings (SSSR count). The number of nitrogens with one attached hydrogen (secondary N) is 1. The van der Waals surface area contributed by atoms with Crippen molar-refractivity contribution in [1.29, 1.82) is 0 Å². The van der Waals surface area contributed by atoms with E-state index in [2.05, 4.69) is 28.4 Å². The van der Waals surface area contributed by atoms with E-state index in [9.17, 15) is 8.60 Å². The maximum Gasteiger partial charge on any atom is 0.188 e. The molecule has 1 N–H and O–H groups in total. The first-order valence-electron chi connectivity index (χ1n) is 10.1. The van der Waals surface area contributed by atoms with Gasteiger partial charge in [-0.05, 0) is 42.5 Å². The molecule has 0 aliphatic carbocycles. The number of aromatic amines is 1. The van der Waals surface area contributed by atoms with Crippen molar-refractivity contribution in [3.8, 4) is 11.1 Å².